The van der Waals surface area contributed by atoms with Crippen molar-refractivity contribution in [2.24, 2.45) is 0 Å². The number of rotatable bonds is 2. The fourth-order valence-corrected chi connectivity index (χ4v) is 3.99. The molecule has 1 unspecified atom stereocenters. The van der Waals surface area contributed by atoms with E-state index < -0.39 is 0 Å². The number of hydrogen-bond donors (Lipinski definition) is 2. The number of carbonyl (C=O) groups excluding carboxylic acids is 1. The number of anilines is 1. The Labute approximate surface area is 154 Å². The number of hydrogen-bond acceptors (Lipinski definition) is 3. The van der Waals surface area contributed by atoms with Gasteiger partial charge in [-0.3, -0.25) is 4.79 Å². The molecule has 1 fully saturated rings. The number of amides is 1. The number of nitrogen functional groups attached to an aromatic ring is 1. The number of carbonyl (C=O) groups is 1. The van der Waals surface area contributed by atoms with Crippen molar-refractivity contribution in [1.82, 2.24) is 5.32 Å². The molecule has 0 aromatic heterocycles. The molecular weight excluding hydrogens is 336 g/mol. The van der Waals surface area contributed by atoms with Crippen molar-refractivity contribution < 1.29 is 9.53 Å². The van der Waals surface area contributed by atoms with Crippen LogP contribution in [0, 0.1) is 0 Å². The number of fused-ring (bicyclic) bond motifs is 1. The van der Waals surface area contributed by atoms with Crippen molar-refractivity contribution in [1.29, 1.82) is 0 Å². The summed E-state index contributed by atoms with van der Waals surface area (Å²) in [6.45, 7) is 0. The van der Waals surface area contributed by atoms with Gasteiger partial charge in [0.15, 0.2) is 0 Å². The van der Waals surface area contributed by atoms with E-state index in [9.17, 15) is 4.79 Å². The second-order valence-corrected chi connectivity index (χ2v) is 6.89. The van der Waals surface area contributed by atoms with Crippen LogP contribution in [0.4, 0.5) is 5.69 Å². The molecule has 1 aliphatic heterocycles. The van der Waals surface area contributed by atoms with E-state index in [1.165, 1.54) is 12.8 Å². The Hall–Kier alpha value is -2.20. The quantitative estimate of drug-likeness (QED) is 0.788. The van der Waals surface area contributed by atoms with Crippen LogP contribution in [0.15, 0.2) is 48.5 Å². The van der Waals surface area contributed by atoms with Crippen LogP contribution in [-0.2, 0) is 0 Å². The van der Waals surface area contributed by atoms with Crippen molar-refractivity contribution in [2.45, 2.75) is 43.7 Å². The molecular formula is C20H23ClN2O2. The largest absolute Gasteiger partial charge is 0.487 e. The van der Waals surface area contributed by atoms with Crippen molar-refractivity contribution in [3.63, 3.8) is 0 Å². The zero-order valence-corrected chi connectivity index (χ0v) is 14.9. The van der Waals surface area contributed by atoms with E-state index >= 15 is 0 Å². The number of nitrogens with one attached hydrogen (secondary N) is 1. The van der Waals surface area contributed by atoms with Crippen molar-refractivity contribution in [3.8, 4) is 5.75 Å². The van der Waals surface area contributed by atoms with Crippen molar-refractivity contribution in [2.75, 3.05) is 5.73 Å². The van der Waals surface area contributed by atoms with E-state index in [0.717, 1.165) is 30.6 Å². The van der Waals surface area contributed by atoms with Gasteiger partial charge in [0.1, 0.15) is 11.4 Å². The molecule has 1 aliphatic carbocycles. The fourth-order valence-electron chi connectivity index (χ4n) is 3.99. The van der Waals surface area contributed by atoms with E-state index in [2.05, 4.69) is 5.32 Å². The number of para-hydroxylation sites is 1. The van der Waals surface area contributed by atoms with E-state index in [1.54, 1.807) is 24.3 Å². The SMILES string of the molecule is Cl.Nc1cccc(C(=O)NC2CC3(CCCC3)Oc3ccccc32)c1. The Morgan fingerprint density at radius 2 is 1.88 bits per heavy atom. The third-order valence-electron chi connectivity index (χ3n) is 5.17. The molecule has 4 rings (SSSR count). The minimum atomic E-state index is -0.123. The Morgan fingerprint density at radius 3 is 2.64 bits per heavy atom. The summed E-state index contributed by atoms with van der Waals surface area (Å²) >= 11 is 0. The number of halogens is 1. The van der Waals surface area contributed by atoms with Gasteiger partial charge in [0.05, 0.1) is 6.04 Å². The first-order chi connectivity index (χ1) is 11.7. The van der Waals surface area contributed by atoms with Gasteiger partial charge in [0, 0.05) is 23.2 Å². The lowest BCUT2D eigenvalue weighted by molar-refractivity contribution is 0.0360. The van der Waals surface area contributed by atoms with Crippen molar-refractivity contribution in [3.05, 3.63) is 59.7 Å². The molecule has 5 heteroatoms. The molecule has 2 aromatic carbocycles. The molecule has 1 atom stereocenters. The first kappa shape index (κ1) is 17.6. The monoisotopic (exact) mass is 358 g/mol. The topological polar surface area (TPSA) is 64.4 Å². The smallest absolute Gasteiger partial charge is 0.251 e. The highest BCUT2D eigenvalue weighted by Gasteiger charge is 2.43. The van der Waals surface area contributed by atoms with Crippen LogP contribution in [-0.4, -0.2) is 11.5 Å². The number of ether oxygens (including phenoxy) is 1. The first-order valence-electron chi connectivity index (χ1n) is 8.60. The van der Waals surface area contributed by atoms with Crippen LogP contribution < -0.4 is 15.8 Å². The van der Waals surface area contributed by atoms with Gasteiger partial charge in [0.25, 0.3) is 5.91 Å². The lowest BCUT2D eigenvalue weighted by Crippen LogP contribution is -2.43. The first-order valence-corrected chi connectivity index (χ1v) is 8.60. The van der Waals surface area contributed by atoms with E-state index in [0.29, 0.717) is 11.3 Å². The third-order valence-corrected chi connectivity index (χ3v) is 5.17. The van der Waals surface area contributed by atoms with E-state index in [4.69, 9.17) is 10.5 Å². The fraction of sp³-hybridized carbons (Fsp3) is 0.350. The highest BCUT2D eigenvalue weighted by atomic mass is 35.5. The maximum atomic E-state index is 12.7. The molecule has 25 heavy (non-hydrogen) atoms. The third kappa shape index (κ3) is 3.45. The maximum Gasteiger partial charge on any atom is 0.251 e. The zero-order valence-electron chi connectivity index (χ0n) is 14.0. The summed E-state index contributed by atoms with van der Waals surface area (Å²) < 4.78 is 6.35. The number of nitrogens with two attached hydrogens (primary N) is 1. The van der Waals surface area contributed by atoms with Crippen LogP contribution in [0.2, 0.25) is 0 Å². The molecule has 1 saturated carbocycles. The predicted molar refractivity (Wildman–Crippen MR) is 101 cm³/mol. The predicted octanol–water partition coefficient (Wildman–Crippen LogP) is 4.26. The minimum Gasteiger partial charge on any atom is -0.487 e. The van der Waals surface area contributed by atoms with Gasteiger partial charge in [-0.15, -0.1) is 12.4 Å². The Morgan fingerprint density at radius 1 is 1.12 bits per heavy atom. The molecule has 132 valence electrons. The molecule has 3 N–H and O–H groups in total. The summed E-state index contributed by atoms with van der Waals surface area (Å²) in [5.41, 5.74) is 7.94. The van der Waals surface area contributed by atoms with E-state index in [-0.39, 0.29) is 30.0 Å². The summed E-state index contributed by atoms with van der Waals surface area (Å²) in [5, 5.41) is 3.20. The summed E-state index contributed by atoms with van der Waals surface area (Å²) in [4.78, 5) is 12.7. The lowest BCUT2D eigenvalue weighted by atomic mass is 9.86. The van der Waals surface area contributed by atoms with Crippen molar-refractivity contribution >= 4 is 24.0 Å². The Bertz CT molecular complexity index is 772. The number of benzene rings is 2. The van der Waals surface area contributed by atoms with Gasteiger partial charge in [-0.2, -0.15) is 0 Å². The summed E-state index contributed by atoms with van der Waals surface area (Å²) in [6, 6.07) is 15.1. The molecule has 1 spiro atoms. The summed E-state index contributed by atoms with van der Waals surface area (Å²) in [6.07, 6.45) is 5.34. The minimum absolute atomic E-state index is 0. The van der Waals surface area contributed by atoms with Crippen LogP contribution in [0.25, 0.3) is 0 Å². The molecule has 0 saturated heterocycles. The van der Waals surface area contributed by atoms with Gasteiger partial charge in [-0.05, 0) is 49.9 Å². The van der Waals surface area contributed by atoms with Gasteiger partial charge < -0.3 is 15.8 Å². The van der Waals surface area contributed by atoms with Crippen LogP contribution >= 0.6 is 12.4 Å². The molecule has 0 bridgehead atoms. The normalized spacial score (nSPS) is 20.2. The second-order valence-electron chi connectivity index (χ2n) is 6.89. The van der Waals surface area contributed by atoms with E-state index in [1.807, 2.05) is 24.3 Å². The Balaban J connectivity index is 0.00000182. The second kappa shape index (κ2) is 6.96. The standard InChI is InChI=1S/C20H22N2O2.ClH/c21-15-7-5-6-14(12-15)19(23)22-17-13-20(10-3-4-11-20)24-18-9-2-1-8-16(17)18;/h1-2,5-9,12,17H,3-4,10-11,13,21H2,(H,22,23);1H. The van der Waals surface area contributed by atoms with Gasteiger partial charge in [-0.1, -0.05) is 24.3 Å². The molecule has 0 radical (unpaired) electrons. The maximum absolute atomic E-state index is 12.7. The highest BCUT2D eigenvalue weighted by molar-refractivity contribution is 5.95. The average Bonchev–Trinajstić information content (AvgIpc) is 3.02. The van der Waals surface area contributed by atoms with Gasteiger partial charge in [-0.25, -0.2) is 0 Å². The molecule has 1 amide bonds. The lowest BCUT2D eigenvalue weighted by Gasteiger charge is -2.40. The van der Waals surface area contributed by atoms with Crippen LogP contribution in [0.1, 0.15) is 54.1 Å². The molecule has 4 nitrogen and oxygen atoms in total. The highest BCUT2D eigenvalue weighted by Crippen LogP contribution is 2.47. The van der Waals surface area contributed by atoms with Crippen LogP contribution in [0.5, 0.6) is 5.75 Å². The zero-order chi connectivity index (χ0) is 16.6. The average molecular weight is 359 g/mol. The summed E-state index contributed by atoms with van der Waals surface area (Å²) in [7, 11) is 0. The van der Waals surface area contributed by atoms with Crippen LogP contribution in [0.3, 0.4) is 0 Å². The van der Waals surface area contributed by atoms with Gasteiger partial charge in [0.2, 0.25) is 0 Å². The Kier molecular flexibility index (Phi) is 4.91. The molecule has 2 aliphatic rings. The summed E-state index contributed by atoms with van der Waals surface area (Å²) in [5.74, 6) is 0.820. The molecule has 1 heterocycles. The van der Waals surface area contributed by atoms with Gasteiger partial charge >= 0.3 is 0 Å². The molecule has 2 aromatic rings.